The maximum atomic E-state index is 12.8. The van der Waals surface area contributed by atoms with Crippen molar-refractivity contribution in [3.63, 3.8) is 0 Å². The van der Waals surface area contributed by atoms with Gasteiger partial charge in [0.25, 0.3) is 11.6 Å². The van der Waals surface area contributed by atoms with E-state index in [1.165, 1.54) is 11.0 Å². The molecule has 10 nitrogen and oxygen atoms in total. The molecule has 1 aromatic heterocycles. The monoisotopic (exact) mass is 391 g/mol. The summed E-state index contributed by atoms with van der Waals surface area (Å²) in [6.07, 6.45) is 4.21. The topological polar surface area (TPSA) is 127 Å². The zero-order valence-electron chi connectivity index (χ0n) is 14.5. The smallest absolute Gasteiger partial charge is 0.271 e. The van der Waals surface area contributed by atoms with Gasteiger partial charge in [0.15, 0.2) is 9.84 Å². The highest BCUT2D eigenvalue weighted by Crippen LogP contribution is 2.22. The number of piperazine rings is 1. The number of carbonyl (C=O) groups is 1. The van der Waals surface area contributed by atoms with Crippen LogP contribution in [0.3, 0.4) is 0 Å². The van der Waals surface area contributed by atoms with Crippen molar-refractivity contribution in [3.05, 3.63) is 52.3 Å². The van der Waals surface area contributed by atoms with Crippen LogP contribution in [0.2, 0.25) is 0 Å². The molecule has 0 spiro atoms. The Labute approximate surface area is 155 Å². The number of rotatable bonds is 4. The minimum atomic E-state index is -3.69. The summed E-state index contributed by atoms with van der Waals surface area (Å²) in [6, 6.07) is 4.95. The van der Waals surface area contributed by atoms with E-state index in [1.807, 2.05) is 4.90 Å². The molecule has 1 aromatic carbocycles. The molecule has 2 heterocycles. The SMILES string of the molecule is CS(=O)(=O)c1cc(C(=O)N2CCN(c3ncccn3)CC2)cc([N+](=O)[O-])c1. The Morgan fingerprint density at radius 3 is 2.30 bits per heavy atom. The lowest BCUT2D eigenvalue weighted by Gasteiger charge is -2.34. The second-order valence-corrected chi connectivity index (χ2v) is 8.09. The van der Waals surface area contributed by atoms with Gasteiger partial charge in [0.05, 0.1) is 9.82 Å². The number of amides is 1. The third kappa shape index (κ3) is 4.19. The molecule has 0 N–H and O–H groups in total. The van der Waals surface area contributed by atoms with E-state index >= 15 is 0 Å². The molecule has 27 heavy (non-hydrogen) atoms. The second kappa shape index (κ2) is 7.27. The van der Waals surface area contributed by atoms with Crippen LogP contribution in [-0.2, 0) is 9.84 Å². The average Bonchev–Trinajstić information content (AvgIpc) is 2.67. The number of hydrogen-bond donors (Lipinski definition) is 0. The van der Waals surface area contributed by atoms with Gasteiger partial charge in [-0.3, -0.25) is 14.9 Å². The first-order valence-electron chi connectivity index (χ1n) is 8.06. The molecule has 0 radical (unpaired) electrons. The number of aromatic nitrogens is 2. The summed E-state index contributed by atoms with van der Waals surface area (Å²) in [6.45, 7) is 1.75. The van der Waals surface area contributed by atoms with E-state index in [-0.39, 0.29) is 10.5 Å². The van der Waals surface area contributed by atoms with Crippen LogP contribution in [-0.4, -0.2) is 66.6 Å². The normalized spacial score (nSPS) is 14.9. The Balaban J connectivity index is 1.80. The van der Waals surface area contributed by atoms with Crippen LogP contribution < -0.4 is 4.90 Å². The molecule has 0 unspecified atom stereocenters. The third-order valence-corrected chi connectivity index (χ3v) is 5.27. The van der Waals surface area contributed by atoms with E-state index in [1.54, 1.807) is 18.5 Å². The molecule has 1 amide bonds. The number of anilines is 1. The highest BCUT2D eigenvalue weighted by Gasteiger charge is 2.26. The number of non-ortho nitro benzene ring substituents is 1. The number of benzene rings is 1. The number of nitro benzene ring substituents is 1. The molecule has 1 fully saturated rings. The zero-order chi connectivity index (χ0) is 19.6. The average molecular weight is 391 g/mol. The van der Waals surface area contributed by atoms with Crippen LogP contribution in [0.25, 0.3) is 0 Å². The first-order valence-corrected chi connectivity index (χ1v) is 9.95. The van der Waals surface area contributed by atoms with Gasteiger partial charge in [-0.25, -0.2) is 18.4 Å². The van der Waals surface area contributed by atoms with Crippen LogP contribution in [0.15, 0.2) is 41.6 Å². The van der Waals surface area contributed by atoms with Crippen molar-refractivity contribution in [3.8, 4) is 0 Å². The van der Waals surface area contributed by atoms with E-state index in [2.05, 4.69) is 9.97 Å². The van der Waals surface area contributed by atoms with Crippen molar-refractivity contribution in [2.45, 2.75) is 4.90 Å². The Morgan fingerprint density at radius 1 is 1.11 bits per heavy atom. The van der Waals surface area contributed by atoms with Crippen molar-refractivity contribution in [2.24, 2.45) is 0 Å². The molecule has 0 bridgehead atoms. The van der Waals surface area contributed by atoms with Crippen molar-refractivity contribution in [1.82, 2.24) is 14.9 Å². The first kappa shape index (κ1) is 18.7. The predicted molar refractivity (Wildman–Crippen MR) is 96.4 cm³/mol. The van der Waals surface area contributed by atoms with Crippen LogP contribution in [0.5, 0.6) is 0 Å². The largest absolute Gasteiger partial charge is 0.337 e. The maximum absolute atomic E-state index is 12.8. The summed E-state index contributed by atoms with van der Waals surface area (Å²) in [5.74, 6) is 0.122. The lowest BCUT2D eigenvalue weighted by molar-refractivity contribution is -0.385. The van der Waals surface area contributed by atoms with E-state index in [9.17, 15) is 23.3 Å². The van der Waals surface area contributed by atoms with Gasteiger partial charge in [0.1, 0.15) is 0 Å². The van der Waals surface area contributed by atoms with Crippen LogP contribution in [0, 0.1) is 10.1 Å². The van der Waals surface area contributed by atoms with Gasteiger partial charge < -0.3 is 9.80 Å². The zero-order valence-corrected chi connectivity index (χ0v) is 15.3. The lowest BCUT2D eigenvalue weighted by Crippen LogP contribution is -2.49. The number of hydrogen-bond acceptors (Lipinski definition) is 8. The van der Waals surface area contributed by atoms with Gasteiger partial charge in [0, 0.05) is 62.5 Å². The fourth-order valence-electron chi connectivity index (χ4n) is 2.77. The standard InChI is InChI=1S/C16H17N5O5S/c1-27(25,26)14-10-12(9-13(11-14)21(23)24)15(22)19-5-7-20(8-6-19)16-17-3-2-4-18-16/h2-4,9-11H,5-8H2,1H3. The number of nitrogens with zero attached hydrogens (tertiary/aromatic N) is 5. The summed E-state index contributed by atoms with van der Waals surface area (Å²) < 4.78 is 23.6. The second-order valence-electron chi connectivity index (χ2n) is 6.07. The summed E-state index contributed by atoms with van der Waals surface area (Å²) in [5, 5.41) is 11.1. The van der Waals surface area contributed by atoms with E-state index in [4.69, 9.17) is 0 Å². The number of nitro groups is 1. The van der Waals surface area contributed by atoms with Gasteiger partial charge in [-0.2, -0.15) is 0 Å². The van der Waals surface area contributed by atoms with E-state index in [0.717, 1.165) is 18.4 Å². The lowest BCUT2D eigenvalue weighted by atomic mass is 10.1. The van der Waals surface area contributed by atoms with Crippen LogP contribution in [0.1, 0.15) is 10.4 Å². The molecule has 11 heteroatoms. The molecule has 1 aliphatic rings. The molecule has 1 aliphatic heterocycles. The predicted octanol–water partition coefficient (Wildman–Crippen LogP) is 0.751. The first-order chi connectivity index (χ1) is 12.8. The molecule has 142 valence electrons. The minimum Gasteiger partial charge on any atom is -0.337 e. The fourth-order valence-corrected chi connectivity index (χ4v) is 3.45. The molecule has 2 aromatic rings. The Bertz CT molecular complexity index is 972. The van der Waals surface area contributed by atoms with Crippen LogP contribution in [0.4, 0.5) is 11.6 Å². The summed E-state index contributed by atoms with van der Waals surface area (Å²) in [7, 11) is -3.69. The highest BCUT2D eigenvalue weighted by molar-refractivity contribution is 7.90. The molecular formula is C16H17N5O5S. The Morgan fingerprint density at radius 2 is 1.74 bits per heavy atom. The van der Waals surface area contributed by atoms with E-state index < -0.39 is 26.4 Å². The van der Waals surface area contributed by atoms with Gasteiger partial charge in [0.2, 0.25) is 5.95 Å². The minimum absolute atomic E-state index is 0.0194. The summed E-state index contributed by atoms with van der Waals surface area (Å²) >= 11 is 0. The number of carbonyl (C=O) groups excluding carboxylic acids is 1. The fraction of sp³-hybridized carbons (Fsp3) is 0.312. The summed E-state index contributed by atoms with van der Waals surface area (Å²) in [5.41, 5.74) is -0.452. The van der Waals surface area contributed by atoms with Crippen molar-refractivity contribution >= 4 is 27.4 Å². The van der Waals surface area contributed by atoms with Crippen LogP contribution >= 0.6 is 0 Å². The van der Waals surface area contributed by atoms with Gasteiger partial charge >= 0.3 is 0 Å². The Hall–Kier alpha value is -3.08. The van der Waals surface area contributed by atoms with E-state index in [0.29, 0.717) is 32.1 Å². The van der Waals surface area contributed by atoms with Gasteiger partial charge in [-0.1, -0.05) is 0 Å². The van der Waals surface area contributed by atoms with Crippen molar-refractivity contribution in [2.75, 3.05) is 37.3 Å². The number of sulfone groups is 1. The highest BCUT2D eigenvalue weighted by atomic mass is 32.2. The quantitative estimate of drug-likeness (QED) is 0.552. The maximum Gasteiger partial charge on any atom is 0.271 e. The van der Waals surface area contributed by atoms with Crippen molar-refractivity contribution < 1.29 is 18.1 Å². The Kier molecular flexibility index (Phi) is 5.04. The molecule has 3 rings (SSSR count). The van der Waals surface area contributed by atoms with Crippen molar-refractivity contribution in [1.29, 1.82) is 0 Å². The molecule has 0 saturated carbocycles. The molecule has 1 saturated heterocycles. The molecular weight excluding hydrogens is 374 g/mol. The van der Waals surface area contributed by atoms with Gasteiger partial charge in [-0.15, -0.1) is 0 Å². The van der Waals surface area contributed by atoms with Gasteiger partial charge in [-0.05, 0) is 12.1 Å². The third-order valence-electron chi connectivity index (χ3n) is 4.18. The molecule has 0 aliphatic carbocycles. The summed E-state index contributed by atoms with van der Waals surface area (Å²) in [4.78, 5) is 34.7. The molecule has 0 atom stereocenters.